The second-order valence-electron chi connectivity index (χ2n) is 6.87. The summed E-state index contributed by atoms with van der Waals surface area (Å²) in [6.07, 6.45) is 5.84. The van der Waals surface area contributed by atoms with Crippen LogP contribution in [-0.4, -0.2) is 40.3 Å². The van der Waals surface area contributed by atoms with Gasteiger partial charge in [0, 0.05) is 36.4 Å². The summed E-state index contributed by atoms with van der Waals surface area (Å²) >= 11 is 0. The van der Waals surface area contributed by atoms with Crippen molar-refractivity contribution in [3.05, 3.63) is 83.9 Å². The van der Waals surface area contributed by atoms with E-state index in [-0.39, 0.29) is 41.0 Å². The molecule has 0 aliphatic carbocycles. The monoisotopic (exact) mass is 419 g/mol. The van der Waals surface area contributed by atoms with Crippen LogP contribution in [0.5, 0.6) is 11.5 Å². The predicted octanol–water partition coefficient (Wildman–Crippen LogP) is 3.10. The number of rotatable bonds is 8. The molecule has 158 valence electrons. The van der Waals surface area contributed by atoms with Crippen LogP contribution in [0.3, 0.4) is 0 Å². The Balaban J connectivity index is 1.88. The van der Waals surface area contributed by atoms with Crippen LogP contribution >= 0.6 is 0 Å². The number of ether oxygens (including phenoxy) is 2. The second-order valence-corrected chi connectivity index (χ2v) is 6.87. The average Bonchev–Trinajstić information content (AvgIpc) is 2.79. The van der Waals surface area contributed by atoms with Crippen molar-refractivity contribution in [2.75, 3.05) is 6.54 Å². The Hall–Kier alpha value is -3.91. The summed E-state index contributed by atoms with van der Waals surface area (Å²) in [5, 5.41) is 3.04. The number of carbonyl (C=O) groups is 3. The van der Waals surface area contributed by atoms with Gasteiger partial charge in [-0.2, -0.15) is 0 Å². The highest BCUT2D eigenvalue weighted by atomic mass is 16.6. The van der Waals surface area contributed by atoms with Crippen molar-refractivity contribution in [2.24, 2.45) is 0 Å². The van der Waals surface area contributed by atoms with Gasteiger partial charge in [0.2, 0.25) is 0 Å². The maximum Gasteiger partial charge on any atom is 0.343 e. The molecule has 0 bridgehead atoms. The van der Waals surface area contributed by atoms with Crippen LogP contribution in [0.15, 0.2) is 67.3 Å². The van der Waals surface area contributed by atoms with Crippen molar-refractivity contribution in [1.82, 2.24) is 15.3 Å². The number of esters is 2. The fraction of sp³-hybridized carbons (Fsp3) is 0.174. The number of pyridine rings is 2. The van der Waals surface area contributed by atoms with Crippen molar-refractivity contribution in [2.45, 2.75) is 19.9 Å². The van der Waals surface area contributed by atoms with Crippen molar-refractivity contribution in [3.8, 4) is 11.5 Å². The fourth-order valence-electron chi connectivity index (χ4n) is 2.54. The summed E-state index contributed by atoms with van der Waals surface area (Å²) in [5.41, 5.74) is 0.858. The molecule has 0 saturated carbocycles. The topological polar surface area (TPSA) is 107 Å². The zero-order valence-electron chi connectivity index (χ0n) is 17.1. The van der Waals surface area contributed by atoms with Gasteiger partial charge < -0.3 is 14.8 Å². The molecule has 0 aliphatic heterocycles. The minimum Gasteiger partial charge on any atom is -0.419 e. The molecular formula is C23H21N3O5. The van der Waals surface area contributed by atoms with Crippen LogP contribution in [0.4, 0.5) is 0 Å². The third kappa shape index (κ3) is 6.03. The highest BCUT2D eigenvalue weighted by Crippen LogP contribution is 2.30. The number of hydrogen-bond acceptors (Lipinski definition) is 8. The molecule has 1 aromatic carbocycles. The molecule has 0 unspecified atom stereocenters. The maximum absolute atomic E-state index is 12.5. The van der Waals surface area contributed by atoms with E-state index < -0.39 is 11.9 Å². The second kappa shape index (κ2) is 10.2. The molecule has 8 nitrogen and oxygen atoms in total. The van der Waals surface area contributed by atoms with Crippen molar-refractivity contribution >= 4 is 17.7 Å². The first-order chi connectivity index (χ1) is 14.9. The van der Waals surface area contributed by atoms with Gasteiger partial charge in [-0.3, -0.25) is 14.8 Å². The molecule has 8 heteroatoms. The SMILES string of the molecule is CC(C)NCC(=O)c1ccc(OC(=O)c2ccncc2)c(OC(=O)c2ccncc2)c1. The Kier molecular flexibility index (Phi) is 7.18. The summed E-state index contributed by atoms with van der Waals surface area (Å²) in [6, 6.07) is 10.5. The predicted molar refractivity (Wildman–Crippen MR) is 112 cm³/mol. The first-order valence-corrected chi connectivity index (χ1v) is 9.59. The van der Waals surface area contributed by atoms with Crippen LogP contribution in [0.2, 0.25) is 0 Å². The lowest BCUT2D eigenvalue weighted by atomic mass is 10.1. The third-order valence-corrected chi connectivity index (χ3v) is 4.17. The van der Waals surface area contributed by atoms with E-state index in [4.69, 9.17) is 9.47 Å². The van der Waals surface area contributed by atoms with E-state index in [1.54, 1.807) is 0 Å². The largest absolute Gasteiger partial charge is 0.419 e. The van der Waals surface area contributed by atoms with Crippen molar-refractivity contribution < 1.29 is 23.9 Å². The molecule has 0 aliphatic rings. The van der Waals surface area contributed by atoms with E-state index >= 15 is 0 Å². The zero-order chi connectivity index (χ0) is 22.2. The van der Waals surface area contributed by atoms with Gasteiger partial charge in [-0.1, -0.05) is 13.8 Å². The van der Waals surface area contributed by atoms with Gasteiger partial charge in [0.05, 0.1) is 17.7 Å². The lowest BCUT2D eigenvalue weighted by Gasteiger charge is -2.13. The van der Waals surface area contributed by atoms with E-state index in [9.17, 15) is 14.4 Å². The third-order valence-electron chi connectivity index (χ3n) is 4.17. The van der Waals surface area contributed by atoms with E-state index in [0.29, 0.717) is 5.56 Å². The van der Waals surface area contributed by atoms with E-state index in [1.165, 1.54) is 67.3 Å². The molecule has 2 heterocycles. The summed E-state index contributed by atoms with van der Waals surface area (Å²) in [4.78, 5) is 45.2. The maximum atomic E-state index is 12.5. The van der Waals surface area contributed by atoms with Gasteiger partial charge in [0.15, 0.2) is 17.3 Å². The summed E-state index contributed by atoms with van der Waals surface area (Å²) in [5.74, 6) is -1.54. The normalized spacial score (nSPS) is 10.5. The molecule has 0 saturated heterocycles. The number of nitrogens with one attached hydrogen (secondary N) is 1. The van der Waals surface area contributed by atoms with Crippen molar-refractivity contribution in [1.29, 1.82) is 0 Å². The van der Waals surface area contributed by atoms with Crippen LogP contribution in [0.25, 0.3) is 0 Å². The molecule has 0 spiro atoms. The lowest BCUT2D eigenvalue weighted by Crippen LogP contribution is -2.29. The quantitative estimate of drug-likeness (QED) is 0.337. The number of hydrogen-bond donors (Lipinski definition) is 1. The summed E-state index contributed by atoms with van der Waals surface area (Å²) < 4.78 is 10.9. The van der Waals surface area contributed by atoms with E-state index in [2.05, 4.69) is 15.3 Å². The number of nitrogens with zero attached hydrogens (tertiary/aromatic N) is 2. The van der Waals surface area contributed by atoms with E-state index in [1.807, 2.05) is 13.8 Å². The Morgan fingerprint density at radius 1 is 0.774 bits per heavy atom. The Bertz CT molecular complexity index is 1070. The van der Waals surface area contributed by atoms with Gasteiger partial charge in [-0.05, 0) is 42.5 Å². The minimum atomic E-state index is -0.673. The fourth-order valence-corrected chi connectivity index (χ4v) is 2.54. The zero-order valence-corrected chi connectivity index (χ0v) is 17.1. The Morgan fingerprint density at radius 2 is 1.29 bits per heavy atom. The van der Waals surface area contributed by atoms with Crippen LogP contribution in [0, 0.1) is 0 Å². The molecule has 31 heavy (non-hydrogen) atoms. The lowest BCUT2D eigenvalue weighted by molar-refractivity contribution is 0.0682. The molecule has 2 aromatic heterocycles. The van der Waals surface area contributed by atoms with Gasteiger partial charge in [-0.15, -0.1) is 0 Å². The Morgan fingerprint density at radius 3 is 1.81 bits per heavy atom. The first-order valence-electron chi connectivity index (χ1n) is 9.59. The van der Waals surface area contributed by atoms with Crippen LogP contribution in [-0.2, 0) is 0 Å². The van der Waals surface area contributed by atoms with Gasteiger partial charge >= 0.3 is 11.9 Å². The molecule has 0 fully saturated rings. The Labute approximate surface area is 179 Å². The smallest absolute Gasteiger partial charge is 0.343 e. The van der Waals surface area contributed by atoms with Gasteiger partial charge in [0.25, 0.3) is 0 Å². The molecule has 0 amide bonds. The average molecular weight is 419 g/mol. The van der Waals surface area contributed by atoms with Crippen LogP contribution in [0.1, 0.15) is 44.9 Å². The number of aromatic nitrogens is 2. The number of ketones is 1. The summed E-state index contributed by atoms with van der Waals surface area (Å²) in [6.45, 7) is 3.97. The van der Waals surface area contributed by atoms with Crippen LogP contribution < -0.4 is 14.8 Å². The highest BCUT2D eigenvalue weighted by Gasteiger charge is 2.19. The molecule has 3 rings (SSSR count). The van der Waals surface area contributed by atoms with Gasteiger partial charge in [0.1, 0.15) is 0 Å². The summed E-state index contributed by atoms with van der Waals surface area (Å²) in [7, 11) is 0. The van der Waals surface area contributed by atoms with Gasteiger partial charge in [-0.25, -0.2) is 9.59 Å². The van der Waals surface area contributed by atoms with E-state index in [0.717, 1.165) is 0 Å². The molecule has 3 aromatic rings. The molecular weight excluding hydrogens is 398 g/mol. The number of Topliss-reactive ketones (excluding diaryl/α,β-unsaturated/α-hetero) is 1. The molecule has 0 atom stereocenters. The number of carbonyl (C=O) groups excluding carboxylic acids is 3. The number of benzene rings is 1. The highest BCUT2D eigenvalue weighted by molar-refractivity contribution is 5.99. The standard InChI is InChI=1S/C23H21N3O5/c1-15(2)26-14-19(27)18-3-4-20(30-22(28)16-5-9-24-10-6-16)21(13-18)31-23(29)17-7-11-25-12-8-17/h3-13,15,26H,14H2,1-2H3. The first kappa shape index (κ1) is 21.8. The molecule has 1 N–H and O–H groups in total. The minimum absolute atomic E-state index is 0.0117. The molecule has 0 radical (unpaired) electrons. The van der Waals surface area contributed by atoms with Crippen molar-refractivity contribution in [3.63, 3.8) is 0 Å².